The van der Waals surface area contributed by atoms with E-state index in [1.165, 1.54) is 6.92 Å². The largest absolute Gasteiger partial charge is 0.416 e. The molecule has 80 valence electrons. The zero-order valence-electron chi connectivity index (χ0n) is 7.84. The van der Waals surface area contributed by atoms with Crippen LogP contribution in [0.2, 0.25) is 0 Å². The van der Waals surface area contributed by atoms with Gasteiger partial charge < -0.3 is 5.11 Å². The Morgan fingerprint density at radius 3 is 2.67 bits per heavy atom. The molecule has 0 saturated carbocycles. The molecule has 5 heteroatoms. The minimum absolute atomic E-state index is 0.00859. The number of aliphatic hydroxyl groups excluding tert-OH is 1. The molecule has 0 unspecified atom stereocenters. The van der Waals surface area contributed by atoms with Gasteiger partial charge in [0.2, 0.25) is 0 Å². The number of hydrogen-bond acceptors (Lipinski definition) is 2. The molecule has 0 radical (unpaired) electrons. The monoisotopic (exact) mass is 215 g/mol. The second-order valence-electron chi connectivity index (χ2n) is 2.87. The third kappa shape index (κ3) is 3.60. The topological polar surface area (TPSA) is 33.1 Å². The molecule has 1 rings (SSSR count). The average molecular weight is 215 g/mol. The molecule has 0 aliphatic rings. The maximum Gasteiger partial charge on any atom is 0.416 e. The number of halogens is 3. The van der Waals surface area contributed by atoms with Crippen LogP contribution in [-0.2, 0) is 6.18 Å². The fourth-order valence-corrected chi connectivity index (χ4v) is 0.854. The zero-order valence-corrected chi connectivity index (χ0v) is 7.84. The SMILES string of the molecule is C[C@H](O)C#Cc1cc(C(F)(F)F)ccn1. The van der Waals surface area contributed by atoms with Gasteiger partial charge in [-0.3, -0.25) is 0 Å². The number of aliphatic hydroxyl groups is 1. The first-order chi connectivity index (χ1) is 6.89. The van der Waals surface area contributed by atoms with Gasteiger partial charge in [-0.05, 0) is 25.0 Å². The van der Waals surface area contributed by atoms with Gasteiger partial charge in [0.25, 0.3) is 0 Å². The van der Waals surface area contributed by atoms with Crippen LogP contribution in [0.15, 0.2) is 18.3 Å². The van der Waals surface area contributed by atoms with Crippen LogP contribution in [0.1, 0.15) is 18.2 Å². The molecule has 1 aromatic heterocycles. The van der Waals surface area contributed by atoms with Crippen molar-refractivity contribution in [2.45, 2.75) is 19.2 Å². The van der Waals surface area contributed by atoms with Crippen molar-refractivity contribution in [3.8, 4) is 11.8 Å². The van der Waals surface area contributed by atoms with Gasteiger partial charge in [-0.15, -0.1) is 0 Å². The van der Waals surface area contributed by atoms with Gasteiger partial charge in [0.1, 0.15) is 11.8 Å². The second kappa shape index (κ2) is 4.32. The Labute approximate surface area is 84.8 Å². The lowest BCUT2D eigenvalue weighted by Crippen LogP contribution is -2.05. The van der Waals surface area contributed by atoms with Gasteiger partial charge in [0.15, 0.2) is 0 Å². The first-order valence-electron chi connectivity index (χ1n) is 4.12. The van der Waals surface area contributed by atoms with Crippen molar-refractivity contribution in [2.75, 3.05) is 0 Å². The number of rotatable bonds is 0. The molecule has 0 aliphatic heterocycles. The fraction of sp³-hybridized carbons (Fsp3) is 0.300. The summed E-state index contributed by atoms with van der Waals surface area (Å²) in [5, 5.41) is 8.82. The lowest BCUT2D eigenvalue weighted by atomic mass is 10.2. The smallest absolute Gasteiger partial charge is 0.381 e. The Morgan fingerprint density at radius 1 is 1.47 bits per heavy atom. The van der Waals surface area contributed by atoms with Crippen LogP contribution in [0.5, 0.6) is 0 Å². The predicted octanol–water partition coefficient (Wildman–Crippen LogP) is 1.83. The van der Waals surface area contributed by atoms with Crippen molar-refractivity contribution < 1.29 is 18.3 Å². The minimum Gasteiger partial charge on any atom is -0.381 e. The van der Waals surface area contributed by atoms with Crippen LogP contribution in [0.25, 0.3) is 0 Å². The van der Waals surface area contributed by atoms with E-state index in [0.717, 1.165) is 18.3 Å². The van der Waals surface area contributed by atoms with Gasteiger partial charge in [0, 0.05) is 6.20 Å². The highest BCUT2D eigenvalue weighted by Gasteiger charge is 2.30. The summed E-state index contributed by atoms with van der Waals surface area (Å²) in [7, 11) is 0. The third-order valence-electron chi connectivity index (χ3n) is 1.50. The Hall–Kier alpha value is -1.54. The van der Waals surface area contributed by atoms with E-state index >= 15 is 0 Å². The third-order valence-corrected chi connectivity index (χ3v) is 1.50. The molecule has 1 aromatic rings. The summed E-state index contributed by atoms with van der Waals surface area (Å²) in [5.41, 5.74) is -0.807. The molecule has 0 fully saturated rings. The summed E-state index contributed by atoms with van der Waals surface area (Å²) in [6.45, 7) is 1.42. The molecular weight excluding hydrogens is 207 g/mol. The minimum atomic E-state index is -4.40. The molecule has 2 nitrogen and oxygen atoms in total. The van der Waals surface area contributed by atoms with Crippen LogP contribution in [0, 0.1) is 11.8 Å². The van der Waals surface area contributed by atoms with E-state index < -0.39 is 17.8 Å². The highest BCUT2D eigenvalue weighted by Crippen LogP contribution is 2.28. The maximum absolute atomic E-state index is 12.2. The van der Waals surface area contributed by atoms with E-state index in [1.807, 2.05) is 0 Å². The van der Waals surface area contributed by atoms with Crippen molar-refractivity contribution in [1.82, 2.24) is 4.98 Å². The van der Waals surface area contributed by atoms with Crippen LogP contribution in [-0.4, -0.2) is 16.2 Å². The summed E-state index contributed by atoms with van der Waals surface area (Å²) in [5.74, 6) is 4.66. The standard InChI is InChI=1S/C10H8F3NO/c1-7(15)2-3-9-6-8(4-5-14-9)10(11,12)13/h4-7,15H,1H3/t7-/m0/s1. The zero-order chi connectivity index (χ0) is 11.5. The van der Waals surface area contributed by atoms with E-state index in [0.29, 0.717) is 0 Å². The highest BCUT2D eigenvalue weighted by atomic mass is 19.4. The molecule has 0 aliphatic carbocycles. The summed E-state index contributed by atoms with van der Waals surface area (Å²) in [6.07, 6.45) is -4.25. The van der Waals surface area contributed by atoms with E-state index in [-0.39, 0.29) is 5.69 Å². The summed E-state index contributed by atoms with van der Waals surface area (Å²) in [6, 6.07) is 1.71. The Morgan fingerprint density at radius 2 is 2.13 bits per heavy atom. The number of nitrogens with zero attached hydrogens (tertiary/aromatic N) is 1. The normalized spacial score (nSPS) is 12.9. The van der Waals surface area contributed by atoms with Crippen molar-refractivity contribution in [1.29, 1.82) is 0 Å². The fourth-order valence-electron chi connectivity index (χ4n) is 0.854. The van der Waals surface area contributed by atoms with Crippen LogP contribution >= 0.6 is 0 Å². The Bertz CT molecular complexity index is 401. The lowest BCUT2D eigenvalue weighted by Gasteiger charge is -2.05. The van der Waals surface area contributed by atoms with E-state index in [1.54, 1.807) is 0 Å². The van der Waals surface area contributed by atoms with E-state index in [9.17, 15) is 13.2 Å². The van der Waals surface area contributed by atoms with Gasteiger partial charge in [-0.25, -0.2) is 4.98 Å². The van der Waals surface area contributed by atoms with Crippen molar-refractivity contribution in [3.63, 3.8) is 0 Å². The highest BCUT2D eigenvalue weighted by molar-refractivity contribution is 5.32. The van der Waals surface area contributed by atoms with Gasteiger partial charge >= 0.3 is 6.18 Å². The molecule has 0 spiro atoms. The van der Waals surface area contributed by atoms with Crippen LogP contribution < -0.4 is 0 Å². The molecule has 0 bridgehead atoms. The van der Waals surface area contributed by atoms with E-state index in [2.05, 4.69) is 16.8 Å². The predicted molar refractivity (Wildman–Crippen MR) is 47.8 cm³/mol. The van der Waals surface area contributed by atoms with Gasteiger partial charge in [-0.1, -0.05) is 5.92 Å². The quantitative estimate of drug-likeness (QED) is 0.670. The van der Waals surface area contributed by atoms with Crippen molar-refractivity contribution >= 4 is 0 Å². The molecule has 0 amide bonds. The molecule has 1 atom stereocenters. The van der Waals surface area contributed by atoms with Crippen molar-refractivity contribution in [3.05, 3.63) is 29.6 Å². The summed E-state index contributed by atoms with van der Waals surface area (Å²) in [4.78, 5) is 3.64. The number of aromatic nitrogens is 1. The van der Waals surface area contributed by atoms with E-state index in [4.69, 9.17) is 5.11 Å². The number of hydrogen-bond donors (Lipinski definition) is 1. The molecule has 15 heavy (non-hydrogen) atoms. The molecule has 1 heterocycles. The summed E-state index contributed by atoms with van der Waals surface area (Å²) >= 11 is 0. The second-order valence-corrected chi connectivity index (χ2v) is 2.87. The lowest BCUT2D eigenvalue weighted by molar-refractivity contribution is -0.137. The molecular formula is C10H8F3NO. The Balaban J connectivity index is 3.00. The maximum atomic E-state index is 12.2. The van der Waals surface area contributed by atoms with Gasteiger partial charge in [0.05, 0.1) is 5.56 Å². The number of alkyl halides is 3. The van der Waals surface area contributed by atoms with Crippen molar-refractivity contribution in [2.24, 2.45) is 0 Å². The van der Waals surface area contributed by atoms with Crippen LogP contribution in [0.3, 0.4) is 0 Å². The molecule has 1 N–H and O–H groups in total. The first-order valence-corrected chi connectivity index (χ1v) is 4.12. The summed E-state index contributed by atoms with van der Waals surface area (Å²) < 4.78 is 36.7. The average Bonchev–Trinajstić information content (AvgIpc) is 2.14. The Kier molecular flexibility index (Phi) is 3.32. The van der Waals surface area contributed by atoms with Gasteiger partial charge in [-0.2, -0.15) is 13.2 Å². The number of pyridine rings is 1. The van der Waals surface area contributed by atoms with Crippen LogP contribution in [0.4, 0.5) is 13.2 Å². The first kappa shape index (κ1) is 11.5. The molecule has 0 saturated heterocycles. The molecule has 0 aromatic carbocycles.